The lowest BCUT2D eigenvalue weighted by molar-refractivity contribution is -0.118. The SMILES string of the molecule is Cc1ccc(CC(=O)CC2CCCN2)cc1C. The highest BCUT2D eigenvalue weighted by Crippen LogP contribution is 2.14. The molecule has 2 rings (SSSR count). The van der Waals surface area contributed by atoms with E-state index in [4.69, 9.17) is 0 Å². The first-order chi connectivity index (χ1) is 8.15. The van der Waals surface area contributed by atoms with Crippen molar-refractivity contribution in [2.75, 3.05) is 6.54 Å². The first-order valence-electron chi connectivity index (χ1n) is 6.46. The summed E-state index contributed by atoms with van der Waals surface area (Å²) in [4.78, 5) is 11.9. The van der Waals surface area contributed by atoms with E-state index in [1.165, 1.54) is 17.5 Å². The molecule has 1 aliphatic heterocycles. The highest BCUT2D eigenvalue weighted by Gasteiger charge is 2.17. The van der Waals surface area contributed by atoms with Crippen LogP contribution in [0.15, 0.2) is 18.2 Å². The van der Waals surface area contributed by atoms with Crippen molar-refractivity contribution in [1.82, 2.24) is 5.32 Å². The van der Waals surface area contributed by atoms with Crippen LogP contribution in [0.4, 0.5) is 0 Å². The molecule has 92 valence electrons. The molecule has 0 spiro atoms. The average molecular weight is 231 g/mol. The van der Waals surface area contributed by atoms with Crippen molar-refractivity contribution >= 4 is 5.78 Å². The molecule has 2 heteroatoms. The monoisotopic (exact) mass is 231 g/mol. The second-order valence-corrected chi connectivity index (χ2v) is 5.13. The van der Waals surface area contributed by atoms with E-state index in [0.29, 0.717) is 24.7 Å². The van der Waals surface area contributed by atoms with Crippen molar-refractivity contribution in [2.45, 2.75) is 45.6 Å². The smallest absolute Gasteiger partial charge is 0.138 e. The van der Waals surface area contributed by atoms with Crippen LogP contribution in [-0.2, 0) is 11.2 Å². The highest BCUT2D eigenvalue weighted by molar-refractivity contribution is 5.81. The number of ketones is 1. The van der Waals surface area contributed by atoms with Gasteiger partial charge in [0.2, 0.25) is 0 Å². The molecule has 1 heterocycles. The zero-order valence-electron chi connectivity index (χ0n) is 10.8. The van der Waals surface area contributed by atoms with Gasteiger partial charge in [0.15, 0.2) is 0 Å². The fourth-order valence-electron chi connectivity index (χ4n) is 2.42. The number of hydrogen-bond acceptors (Lipinski definition) is 2. The second-order valence-electron chi connectivity index (χ2n) is 5.13. The number of Topliss-reactive ketones (excluding diaryl/α,β-unsaturated/α-hetero) is 1. The molecule has 1 fully saturated rings. The zero-order valence-corrected chi connectivity index (χ0v) is 10.8. The van der Waals surface area contributed by atoms with E-state index in [1.807, 2.05) is 0 Å². The molecule has 0 aliphatic carbocycles. The van der Waals surface area contributed by atoms with Crippen LogP contribution in [0.25, 0.3) is 0 Å². The number of benzene rings is 1. The molecular weight excluding hydrogens is 210 g/mol. The van der Waals surface area contributed by atoms with Gasteiger partial charge >= 0.3 is 0 Å². The van der Waals surface area contributed by atoms with Gasteiger partial charge in [-0.2, -0.15) is 0 Å². The third kappa shape index (κ3) is 3.40. The number of rotatable bonds is 4. The number of aryl methyl sites for hydroxylation is 2. The van der Waals surface area contributed by atoms with Gasteiger partial charge in [0.1, 0.15) is 5.78 Å². The maximum Gasteiger partial charge on any atom is 0.138 e. The molecule has 1 N–H and O–H groups in total. The minimum Gasteiger partial charge on any atom is -0.314 e. The molecule has 1 aliphatic rings. The summed E-state index contributed by atoms with van der Waals surface area (Å²) in [5.74, 6) is 0.354. The maximum absolute atomic E-state index is 11.9. The largest absolute Gasteiger partial charge is 0.314 e. The Labute approximate surface area is 103 Å². The van der Waals surface area contributed by atoms with Crippen molar-refractivity contribution in [1.29, 1.82) is 0 Å². The van der Waals surface area contributed by atoms with Crippen molar-refractivity contribution in [3.8, 4) is 0 Å². The fourth-order valence-corrected chi connectivity index (χ4v) is 2.42. The predicted octanol–water partition coefficient (Wildman–Crippen LogP) is 2.56. The molecule has 1 aromatic rings. The van der Waals surface area contributed by atoms with E-state index in [9.17, 15) is 4.79 Å². The normalized spacial score (nSPS) is 19.5. The van der Waals surface area contributed by atoms with Gasteiger partial charge in [-0.3, -0.25) is 4.79 Å². The Kier molecular flexibility index (Phi) is 3.95. The van der Waals surface area contributed by atoms with Crippen molar-refractivity contribution in [3.63, 3.8) is 0 Å². The van der Waals surface area contributed by atoms with Crippen LogP contribution in [0.5, 0.6) is 0 Å². The number of carbonyl (C=O) groups is 1. The Hall–Kier alpha value is -1.15. The number of nitrogens with one attached hydrogen (secondary N) is 1. The topological polar surface area (TPSA) is 29.1 Å². The van der Waals surface area contributed by atoms with Crippen LogP contribution in [0.3, 0.4) is 0 Å². The van der Waals surface area contributed by atoms with Gasteiger partial charge < -0.3 is 5.32 Å². The van der Waals surface area contributed by atoms with Gasteiger partial charge in [-0.15, -0.1) is 0 Å². The molecule has 1 saturated heterocycles. The summed E-state index contributed by atoms with van der Waals surface area (Å²) in [6.45, 7) is 5.27. The third-order valence-electron chi connectivity index (χ3n) is 3.61. The molecule has 0 saturated carbocycles. The summed E-state index contributed by atoms with van der Waals surface area (Å²) in [5.41, 5.74) is 3.71. The average Bonchev–Trinajstić information content (AvgIpc) is 2.76. The van der Waals surface area contributed by atoms with E-state index < -0.39 is 0 Å². The van der Waals surface area contributed by atoms with Gasteiger partial charge in [-0.1, -0.05) is 18.2 Å². The lowest BCUT2D eigenvalue weighted by Crippen LogP contribution is -2.25. The van der Waals surface area contributed by atoms with Gasteiger partial charge in [0.25, 0.3) is 0 Å². The van der Waals surface area contributed by atoms with Crippen LogP contribution >= 0.6 is 0 Å². The van der Waals surface area contributed by atoms with Gasteiger partial charge in [0, 0.05) is 18.9 Å². The van der Waals surface area contributed by atoms with Crippen molar-refractivity contribution in [2.24, 2.45) is 0 Å². The van der Waals surface area contributed by atoms with Crippen LogP contribution in [0, 0.1) is 13.8 Å². The molecule has 17 heavy (non-hydrogen) atoms. The number of carbonyl (C=O) groups excluding carboxylic acids is 1. The van der Waals surface area contributed by atoms with Crippen molar-refractivity contribution < 1.29 is 4.79 Å². The Bertz CT molecular complexity index is 405. The van der Waals surface area contributed by atoms with Crippen LogP contribution in [0.2, 0.25) is 0 Å². The summed E-state index contributed by atoms with van der Waals surface area (Å²) in [6, 6.07) is 6.73. The Balaban J connectivity index is 1.90. The van der Waals surface area contributed by atoms with E-state index in [2.05, 4.69) is 37.4 Å². The van der Waals surface area contributed by atoms with Crippen molar-refractivity contribution in [3.05, 3.63) is 34.9 Å². The molecule has 0 bridgehead atoms. The van der Waals surface area contributed by atoms with Gasteiger partial charge in [-0.05, 0) is 49.9 Å². The standard InChI is InChI=1S/C15H21NO/c1-11-5-6-13(8-12(11)2)9-15(17)10-14-4-3-7-16-14/h5-6,8,14,16H,3-4,7,9-10H2,1-2H3. The summed E-state index contributed by atoms with van der Waals surface area (Å²) in [6.07, 6.45) is 3.63. The highest BCUT2D eigenvalue weighted by atomic mass is 16.1. The summed E-state index contributed by atoms with van der Waals surface area (Å²) in [7, 11) is 0. The predicted molar refractivity (Wildman–Crippen MR) is 70.3 cm³/mol. The Morgan fingerprint density at radius 1 is 1.35 bits per heavy atom. The molecule has 0 radical (unpaired) electrons. The van der Waals surface area contributed by atoms with Gasteiger partial charge in [0.05, 0.1) is 0 Å². The van der Waals surface area contributed by atoms with Crippen LogP contribution in [0.1, 0.15) is 36.0 Å². The second kappa shape index (κ2) is 5.46. The minimum absolute atomic E-state index is 0.354. The zero-order chi connectivity index (χ0) is 12.3. The fraction of sp³-hybridized carbons (Fsp3) is 0.533. The third-order valence-corrected chi connectivity index (χ3v) is 3.61. The lowest BCUT2D eigenvalue weighted by Gasteiger charge is -2.09. The molecule has 0 amide bonds. The molecule has 1 unspecified atom stereocenters. The quantitative estimate of drug-likeness (QED) is 0.863. The maximum atomic E-state index is 11.9. The summed E-state index contributed by atoms with van der Waals surface area (Å²) in [5, 5.41) is 3.37. The van der Waals surface area contributed by atoms with E-state index in [1.54, 1.807) is 0 Å². The first kappa shape index (κ1) is 12.3. The van der Waals surface area contributed by atoms with E-state index in [0.717, 1.165) is 18.5 Å². The molecule has 0 aromatic heterocycles. The summed E-state index contributed by atoms with van der Waals surface area (Å²) < 4.78 is 0. The molecule has 1 aromatic carbocycles. The molecule has 1 atom stereocenters. The summed E-state index contributed by atoms with van der Waals surface area (Å²) >= 11 is 0. The molecule has 2 nitrogen and oxygen atoms in total. The van der Waals surface area contributed by atoms with E-state index >= 15 is 0 Å². The Morgan fingerprint density at radius 2 is 2.18 bits per heavy atom. The van der Waals surface area contributed by atoms with Crippen LogP contribution < -0.4 is 5.32 Å². The first-order valence-corrected chi connectivity index (χ1v) is 6.46. The minimum atomic E-state index is 0.354. The molecular formula is C15H21NO. The Morgan fingerprint density at radius 3 is 2.82 bits per heavy atom. The van der Waals surface area contributed by atoms with Gasteiger partial charge in [-0.25, -0.2) is 0 Å². The van der Waals surface area contributed by atoms with Crippen LogP contribution in [-0.4, -0.2) is 18.4 Å². The number of hydrogen-bond donors (Lipinski definition) is 1. The lowest BCUT2D eigenvalue weighted by atomic mass is 9.99. The van der Waals surface area contributed by atoms with E-state index in [-0.39, 0.29) is 0 Å².